The summed E-state index contributed by atoms with van der Waals surface area (Å²) in [6.07, 6.45) is 2.39. The van der Waals surface area contributed by atoms with Crippen LogP contribution in [0.2, 0.25) is 0 Å². The van der Waals surface area contributed by atoms with Crippen molar-refractivity contribution in [2.75, 3.05) is 5.32 Å². The molecule has 0 radical (unpaired) electrons. The van der Waals surface area contributed by atoms with Gasteiger partial charge in [-0.3, -0.25) is 0 Å². The quantitative estimate of drug-likeness (QED) is 0.784. The van der Waals surface area contributed by atoms with E-state index in [-0.39, 0.29) is 18.0 Å². The molecule has 0 spiro atoms. The third kappa shape index (κ3) is 2.12. The summed E-state index contributed by atoms with van der Waals surface area (Å²) in [5, 5.41) is 12.7. The van der Waals surface area contributed by atoms with Gasteiger partial charge in [-0.15, -0.1) is 0 Å². The van der Waals surface area contributed by atoms with Crippen molar-refractivity contribution in [1.29, 1.82) is 0 Å². The largest absolute Gasteiger partial charge is 0.391 e. The maximum absolute atomic E-state index is 13.5. The molecule has 0 heterocycles. The number of nitrogens with one attached hydrogen (secondary N) is 1. The van der Waals surface area contributed by atoms with Gasteiger partial charge in [-0.1, -0.05) is 12.1 Å². The van der Waals surface area contributed by atoms with Crippen LogP contribution in [0.3, 0.4) is 0 Å². The summed E-state index contributed by atoms with van der Waals surface area (Å²) in [7, 11) is 0. The lowest BCUT2D eigenvalue weighted by Gasteiger charge is -2.19. The Morgan fingerprint density at radius 2 is 2.20 bits per heavy atom. The van der Waals surface area contributed by atoms with E-state index in [0.717, 1.165) is 24.8 Å². The van der Waals surface area contributed by atoms with Gasteiger partial charge in [-0.2, -0.15) is 0 Å². The van der Waals surface area contributed by atoms with Gasteiger partial charge in [0.05, 0.1) is 17.8 Å². The summed E-state index contributed by atoms with van der Waals surface area (Å²) in [5.41, 5.74) is 1.41. The van der Waals surface area contributed by atoms with Crippen LogP contribution in [0.15, 0.2) is 18.2 Å². The molecule has 3 heteroatoms. The van der Waals surface area contributed by atoms with Crippen LogP contribution in [0.5, 0.6) is 0 Å². The monoisotopic (exact) mass is 209 g/mol. The zero-order valence-corrected chi connectivity index (χ0v) is 8.83. The minimum absolute atomic E-state index is 0.000556. The molecule has 2 atom stereocenters. The molecule has 1 saturated carbocycles. The average Bonchev–Trinajstić information content (AvgIpc) is 2.58. The SMILES string of the molecule is Cc1cccc(F)c1N[C@@H]1CCC[C@H]1O. The lowest BCUT2D eigenvalue weighted by atomic mass is 10.1. The fourth-order valence-corrected chi connectivity index (χ4v) is 2.11. The first-order valence-corrected chi connectivity index (χ1v) is 5.38. The first kappa shape index (κ1) is 10.4. The predicted octanol–water partition coefficient (Wildman–Crippen LogP) is 2.46. The van der Waals surface area contributed by atoms with Crippen LogP contribution < -0.4 is 5.32 Å². The van der Waals surface area contributed by atoms with Crippen LogP contribution in [0, 0.1) is 12.7 Å². The summed E-state index contributed by atoms with van der Waals surface area (Å²) in [5.74, 6) is -0.242. The van der Waals surface area contributed by atoms with Gasteiger partial charge in [0.15, 0.2) is 0 Å². The lowest BCUT2D eigenvalue weighted by Crippen LogP contribution is -2.28. The number of hydrogen-bond donors (Lipinski definition) is 2. The number of halogens is 1. The van der Waals surface area contributed by atoms with E-state index in [0.29, 0.717) is 5.69 Å². The normalized spacial score (nSPS) is 25.5. The number of hydrogen-bond acceptors (Lipinski definition) is 2. The van der Waals surface area contributed by atoms with E-state index in [1.165, 1.54) is 6.07 Å². The van der Waals surface area contributed by atoms with Crippen molar-refractivity contribution < 1.29 is 9.50 Å². The van der Waals surface area contributed by atoms with Crippen molar-refractivity contribution in [3.8, 4) is 0 Å². The molecular weight excluding hydrogens is 193 g/mol. The average molecular weight is 209 g/mol. The van der Waals surface area contributed by atoms with Crippen molar-refractivity contribution in [3.05, 3.63) is 29.6 Å². The molecule has 0 bridgehead atoms. The van der Waals surface area contributed by atoms with E-state index in [2.05, 4.69) is 5.32 Å². The van der Waals surface area contributed by atoms with E-state index in [9.17, 15) is 9.50 Å². The van der Waals surface area contributed by atoms with E-state index < -0.39 is 0 Å². The Morgan fingerprint density at radius 1 is 1.40 bits per heavy atom. The Bertz CT molecular complexity index is 333. The maximum Gasteiger partial charge on any atom is 0.146 e. The third-order valence-electron chi connectivity index (χ3n) is 3.03. The molecule has 1 aliphatic rings. The Labute approximate surface area is 89.1 Å². The summed E-state index contributed by atoms with van der Waals surface area (Å²) in [6, 6.07) is 5.00. The zero-order valence-electron chi connectivity index (χ0n) is 8.83. The van der Waals surface area contributed by atoms with Crippen LogP contribution >= 0.6 is 0 Å². The molecule has 2 N–H and O–H groups in total. The van der Waals surface area contributed by atoms with Crippen LogP contribution in [0.4, 0.5) is 10.1 Å². The Morgan fingerprint density at radius 3 is 2.80 bits per heavy atom. The van der Waals surface area contributed by atoms with Gasteiger partial charge in [-0.05, 0) is 37.8 Å². The van der Waals surface area contributed by atoms with Gasteiger partial charge in [0.2, 0.25) is 0 Å². The number of anilines is 1. The fourth-order valence-electron chi connectivity index (χ4n) is 2.11. The first-order valence-electron chi connectivity index (χ1n) is 5.38. The molecule has 1 aliphatic carbocycles. The molecule has 2 rings (SSSR count). The number of benzene rings is 1. The highest BCUT2D eigenvalue weighted by molar-refractivity contribution is 5.52. The van der Waals surface area contributed by atoms with Gasteiger partial charge >= 0.3 is 0 Å². The molecule has 0 aliphatic heterocycles. The highest BCUT2D eigenvalue weighted by atomic mass is 19.1. The zero-order chi connectivity index (χ0) is 10.8. The highest BCUT2D eigenvalue weighted by Crippen LogP contribution is 2.26. The van der Waals surface area contributed by atoms with Crippen molar-refractivity contribution >= 4 is 5.69 Å². The van der Waals surface area contributed by atoms with E-state index in [1.54, 1.807) is 6.07 Å². The smallest absolute Gasteiger partial charge is 0.146 e. The second-order valence-electron chi connectivity index (χ2n) is 4.18. The van der Waals surface area contributed by atoms with Crippen molar-refractivity contribution in [2.24, 2.45) is 0 Å². The Hall–Kier alpha value is -1.09. The third-order valence-corrected chi connectivity index (χ3v) is 3.03. The fraction of sp³-hybridized carbons (Fsp3) is 0.500. The maximum atomic E-state index is 13.5. The molecular formula is C12H16FNO. The highest BCUT2D eigenvalue weighted by Gasteiger charge is 2.25. The predicted molar refractivity (Wildman–Crippen MR) is 58.4 cm³/mol. The van der Waals surface area contributed by atoms with E-state index in [1.807, 2.05) is 13.0 Å². The summed E-state index contributed by atoms with van der Waals surface area (Å²) >= 11 is 0. The second-order valence-corrected chi connectivity index (χ2v) is 4.18. The van der Waals surface area contributed by atoms with Gasteiger partial charge in [0, 0.05) is 0 Å². The summed E-state index contributed by atoms with van der Waals surface area (Å²) in [4.78, 5) is 0. The molecule has 2 nitrogen and oxygen atoms in total. The van der Waals surface area contributed by atoms with Crippen molar-refractivity contribution in [3.63, 3.8) is 0 Å². The number of aryl methyl sites for hydroxylation is 1. The summed E-state index contributed by atoms with van der Waals surface area (Å²) < 4.78 is 13.5. The van der Waals surface area contributed by atoms with Gasteiger partial charge in [-0.25, -0.2) is 4.39 Å². The molecule has 82 valence electrons. The van der Waals surface area contributed by atoms with Crippen LogP contribution in [0.1, 0.15) is 24.8 Å². The summed E-state index contributed by atoms with van der Waals surface area (Å²) in [6.45, 7) is 1.87. The molecule has 15 heavy (non-hydrogen) atoms. The van der Waals surface area contributed by atoms with E-state index >= 15 is 0 Å². The van der Waals surface area contributed by atoms with Crippen LogP contribution in [-0.2, 0) is 0 Å². The number of rotatable bonds is 2. The number of aliphatic hydroxyl groups excluding tert-OH is 1. The van der Waals surface area contributed by atoms with E-state index in [4.69, 9.17) is 0 Å². The van der Waals surface area contributed by atoms with Crippen molar-refractivity contribution in [2.45, 2.75) is 38.3 Å². The molecule has 0 amide bonds. The lowest BCUT2D eigenvalue weighted by molar-refractivity contribution is 0.171. The minimum atomic E-state index is -0.344. The molecule has 1 aromatic rings. The molecule has 0 aromatic heterocycles. The first-order chi connectivity index (χ1) is 7.18. The Balaban J connectivity index is 2.16. The number of para-hydroxylation sites is 1. The standard InChI is InChI=1S/C12H16FNO/c1-8-4-2-5-9(13)12(8)14-10-6-3-7-11(10)15/h2,4-5,10-11,14-15H,3,6-7H2,1H3/t10-,11-/m1/s1. The number of aliphatic hydroxyl groups is 1. The second kappa shape index (κ2) is 4.19. The van der Waals surface area contributed by atoms with Gasteiger partial charge in [0.25, 0.3) is 0 Å². The topological polar surface area (TPSA) is 32.3 Å². The molecule has 0 unspecified atom stereocenters. The van der Waals surface area contributed by atoms with Gasteiger partial charge < -0.3 is 10.4 Å². The minimum Gasteiger partial charge on any atom is -0.391 e. The Kier molecular flexibility index (Phi) is 2.91. The molecule has 0 saturated heterocycles. The van der Waals surface area contributed by atoms with Gasteiger partial charge in [0.1, 0.15) is 5.82 Å². The van der Waals surface area contributed by atoms with Crippen molar-refractivity contribution in [1.82, 2.24) is 0 Å². The molecule has 1 fully saturated rings. The van der Waals surface area contributed by atoms with Crippen LogP contribution in [-0.4, -0.2) is 17.3 Å². The molecule has 1 aromatic carbocycles. The van der Waals surface area contributed by atoms with Crippen LogP contribution in [0.25, 0.3) is 0 Å².